The lowest BCUT2D eigenvalue weighted by Gasteiger charge is -2.42. The van der Waals surface area contributed by atoms with Crippen LogP contribution in [0.4, 0.5) is 11.4 Å². The van der Waals surface area contributed by atoms with Gasteiger partial charge in [0.05, 0.1) is 53.3 Å². The minimum atomic E-state index is -1.05. The summed E-state index contributed by atoms with van der Waals surface area (Å²) < 4.78 is 24.0. The molecule has 0 amide bonds. The van der Waals surface area contributed by atoms with Gasteiger partial charge in [0.1, 0.15) is 0 Å². The second-order valence-corrected chi connectivity index (χ2v) is 11.1. The van der Waals surface area contributed by atoms with Gasteiger partial charge in [0.25, 0.3) is 11.4 Å². The number of esters is 2. The van der Waals surface area contributed by atoms with E-state index >= 15 is 0 Å². The number of aryl methyl sites for hydroxylation is 1. The Kier molecular flexibility index (Phi) is 10.7. The van der Waals surface area contributed by atoms with Gasteiger partial charge in [0.2, 0.25) is 6.29 Å². The average Bonchev–Trinajstić information content (AvgIpc) is 3.08. The molecular formula is C35H32N2O10. The fourth-order valence-corrected chi connectivity index (χ4v) is 5.56. The third-order valence-corrected chi connectivity index (χ3v) is 8.08. The molecule has 12 heteroatoms. The molecule has 0 aromatic heterocycles. The number of non-ortho nitro benzene ring substituents is 2. The minimum Gasteiger partial charge on any atom is -0.462 e. The first-order chi connectivity index (χ1) is 22.7. The molecule has 0 N–H and O–H groups in total. The summed E-state index contributed by atoms with van der Waals surface area (Å²) >= 11 is 0. The molecule has 0 saturated carbocycles. The molecule has 1 unspecified atom stereocenters. The van der Waals surface area contributed by atoms with Gasteiger partial charge in [-0.15, -0.1) is 0 Å². The number of benzene rings is 4. The van der Waals surface area contributed by atoms with E-state index in [-0.39, 0.29) is 54.2 Å². The van der Waals surface area contributed by atoms with Crippen molar-refractivity contribution in [2.75, 3.05) is 19.8 Å². The van der Waals surface area contributed by atoms with Crippen LogP contribution in [0.1, 0.15) is 43.3 Å². The van der Waals surface area contributed by atoms with Gasteiger partial charge in [0, 0.05) is 36.1 Å². The molecule has 12 nitrogen and oxygen atoms in total. The summed E-state index contributed by atoms with van der Waals surface area (Å²) in [6.07, 6.45) is -1.05. The largest absolute Gasteiger partial charge is 0.462 e. The van der Waals surface area contributed by atoms with E-state index in [0.717, 1.165) is 16.7 Å². The van der Waals surface area contributed by atoms with Crippen LogP contribution in [0.15, 0.2) is 103 Å². The molecule has 5 rings (SSSR count). The number of nitro benzene ring substituents is 2. The molecule has 0 aliphatic carbocycles. The van der Waals surface area contributed by atoms with E-state index in [1.165, 1.54) is 48.5 Å². The highest BCUT2D eigenvalue weighted by Crippen LogP contribution is 2.42. The first-order valence-corrected chi connectivity index (χ1v) is 14.9. The van der Waals surface area contributed by atoms with Crippen molar-refractivity contribution in [3.8, 4) is 0 Å². The summed E-state index contributed by atoms with van der Waals surface area (Å²) in [4.78, 5) is 47.2. The van der Waals surface area contributed by atoms with Crippen molar-refractivity contribution in [3.05, 3.63) is 151 Å². The van der Waals surface area contributed by atoms with Crippen LogP contribution in [0.3, 0.4) is 0 Å². The number of ether oxygens (including phenoxy) is 4. The number of rotatable bonds is 12. The van der Waals surface area contributed by atoms with Gasteiger partial charge in [-0.1, -0.05) is 54.6 Å². The molecule has 1 fully saturated rings. The molecule has 1 saturated heterocycles. The Bertz CT molecular complexity index is 1710. The van der Waals surface area contributed by atoms with Crippen molar-refractivity contribution in [3.63, 3.8) is 0 Å². The van der Waals surface area contributed by atoms with Gasteiger partial charge in [-0.3, -0.25) is 20.2 Å². The molecule has 242 valence electrons. The third kappa shape index (κ3) is 8.23. The number of nitrogens with zero attached hydrogens (tertiary/aromatic N) is 2. The van der Waals surface area contributed by atoms with Crippen LogP contribution in [0.25, 0.3) is 0 Å². The Morgan fingerprint density at radius 2 is 1.34 bits per heavy atom. The number of nitro groups is 2. The molecule has 47 heavy (non-hydrogen) atoms. The number of hydrogen-bond acceptors (Lipinski definition) is 10. The van der Waals surface area contributed by atoms with Crippen molar-refractivity contribution >= 4 is 23.3 Å². The summed E-state index contributed by atoms with van der Waals surface area (Å²) in [5.74, 6) is -2.64. The lowest BCUT2D eigenvalue weighted by molar-refractivity contribution is -0.385. The monoisotopic (exact) mass is 640 g/mol. The van der Waals surface area contributed by atoms with E-state index in [9.17, 15) is 29.8 Å². The highest BCUT2D eigenvalue weighted by molar-refractivity contribution is 5.90. The van der Waals surface area contributed by atoms with E-state index in [1.54, 1.807) is 0 Å². The van der Waals surface area contributed by atoms with Crippen molar-refractivity contribution in [1.29, 1.82) is 0 Å². The molecule has 1 aliphatic heterocycles. The third-order valence-electron chi connectivity index (χ3n) is 8.08. The topological polar surface area (TPSA) is 157 Å². The van der Waals surface area contributed by atoms with Crippen LogP contribution in [0.2, 0.25) is 0 Å². The normalized spacial score (nSPS) is 19.0. The van der Waals surface area contributed by atoms with E-state index in [1.807, 2.05) is 61.5 Å². The zero-order valence-electron chi connectivity index (χ0n) is 25.4. The van der Waals surface area contributed by atoms with Gasteiger partial charge in [-0.2, -0.15) is 0 Å². The van der Waals surface area contributed by atoms with E-state index in [4.69, 9.17) is 18.9 Å². The highest BCUT2D eigenvalue weighted by atomic mass is 16.7. The van der Waals surface area contributed by atoms with Crippen LogP contribution in [0.5, 0.6) is 0 Å². The van der Waals surface area contributed by atoms with Crippen LogP contribution >= 0.6 is 0 Å². The predicted molar refractivity (Wildman–Crippen MR) is 169 cm³/mol. The molecule has 4 atom stereocenters. The molecule has 0 spiro atoms. The summed E-state index contributed by atoms with van der Waals surface area (Å²) in [7, 11) is 0. The standard InChI is InChI=1S/C35H32N2O10/c1-23-7-5-6-10-30(23)32-31(22-44-19-24-8-3-2-4-9-24)27(20-45-33(38)25-11-15-28(16-12-25)36(40)41)21-46-35(32)47-34(39)26-13-17-29(18-14-26)37(42)43/h2-18,27,31-32,35H,19-22H2,1H3/t27-,31+,32-,35?/m1/s1. The number of carbonyl (C=O) groups excluding carboxylic acids is 2. The first kappa shape index (κ1) is 32.9. The molecular weight excluding hydrogens is 608 g/mol. The van der Waals surface area contributed by atoms with Crippen LogP contribution < -0.4 is 0 Å². The Labute approximate surface area is 270 Å². The van der Waals surface area contributed by atoms with Crippen molar-refractivity contribution < 1.29 is 38.4 Å². The lowest BCUT2D eigenvalue weighted by atomic mass is 9.75. The predicted octanol–water partition coefficient (Wildman–Crippen LogP) is 6.41. The molecule has 4 aromatic carbocycles. The maximum absolute atomic E-state index is 13.3. The zero-order valence-corrected chi connectivity index (χ0v) is 25.4. The highest BCUT2D eigenvalue weighted by Gasteiger charge is 2.44. The number of hydrogen-bond donors (Lipinski definition) is 0. The van der Waals surface area contributed by atoms with E-state index < -0.39 is 34.0 Å². The zero-order chi connectivity index (χ0) is 33.3. The smallest absolute Gasteiger partial charge is 0.340 e. The Morgan fingerprint density at radius 1 is 0.766 bits per heavy atom. The fraction of sp³-hybridized carbons (Fsp3) is 0.257. The molecule has 0 bridgehead atoms. The second kappa shape index (κ2) is 15.2. The first-order valence-electron chi connectivity index (χ1n) is 14.9. The fourth-order valence-electron chi connectivity index (χ4n) is 5.56. The van der Waals surface area contributed by atoms with E-state index in [0.29, 0.717) is 6.61 Å². The van der Waals surface area contributed by atoms with Gasteiger partial charge < -0.3 is 18.9 Å². The molecule has 1 aliphatic rings. The Hall–Kier alpha value is -5.46. The molecule has 1 heterocycles. The Morgan fingerprint density at radius 3 is 1.94 bits per heavy atom. The average molecular weight is 641 g/mol. The van der Waals surface area contributed by atoms with Crippen LogP contribution in [-0.4, -0.2) is 47.9 Å². The van der Waals surface area contributed by atoms with Crippen LogP contribution in [0, 0.1) is 39.0 Å². The van der Waals surface area contributed by atoms with Crippen molar-refractivity contribution in [2.45, 2.75) is 25.7 Å². The maximum atomic E-state index is 13.3. The summed E-state index contributed by atoms with van der Waals surface area (Å²) in [5, 5.41) is 22.1. The summed E-state index contributed by atoms with van der Waals surface area (Å²) in [5.41, 5.74) is 2.73. The maximum Gasteiger partial charge on any atom is 0.340 e. The van der Waals surface area contributed by atoms with Crippen molar-refractivity contribution in [1.82, 2.24) is 0 Å². The van der Waals surface area contributed by atoms with Gasteiger partial charge in [-0.05, 0) is 47.9 Å². The second-order valence-electron chi connectivity index (χ2n) is 11.1. The van der Waals surface area contributed by atoms with Gasteiger partial charge in [-0.25, -0.2) is 9.59 Å². The molecule has 0 radical (unpaired) electrons. The van der Waals surface area contributed by atoms with E-state index in [2.05, 4.69) is 0 Å². The summed E-state index contributed by atoms with van der Waals surface area (Å²) in [6, 6.07) is 27.5. The minimum absolute atomic E-state index is 0.0550. The number of carbonyl (C=O) groups is 2. The summed E-state index contributed by atoms with van der Waals surface area (Å²) in [6.45, 7) is 2.47. The van der Waals surface area contributed by atoms with Gasteiger partial charge in [0.15, 0.2) is 0 Å². The van der Waals surface area contributed by atoms with Crippen molar-refractivity contribution in [2.24, 2.45) is 11.8 Å². The SMILES string of the molecule is Cc1ccccc1[C@H]1C(OC(=O)c2ccc([N+](=O)[O-])cc2)OC[C@@H](COC(=O)c2ccc([N+](=O)[O-])cc2)[C@@H]1COCc1ccccc1. The lowest BCUT2D eigenvalue weighted by Crippen LogP contribution is -2.46. The van der Waals surface area contributed by atoms with Gasteiger partial charge >= 0.3 is 11.9 Å². The quantitative estimate of drug-likeness (QED) is 0.0962. The molecule has 4 aromatic rings. The Balaban J connectivity index is 1.40. The van der Waals surface area contributed by atoms with Crippen LogP contribution in [-0.2, 0) is 25.6 Å².